The van der Waals surface area contributed by atoms with Gasteiger partial charge in [0.2, 0.25) is 0 Å². The maximum Gasteiger partial charge on any atom is 0.257 e. The van der Waals surface area contributed by atoms with Gasteiger partial charge in [0.1, 0.15) is 24.0 Å². The molecule has 3 aromatic rings. The second kappa shape index (κ2) is 9.98. The van der Waals surface area contributed by atoms with Crippen LogP contribution in [-0.4, -0.2) is 70.8 Å². The number of methoxy groups -OCH3 is 1. The van der Waals surface area contributed by atoms with Crippen LogP contribution in [0.2, 0.25) is 5.02 Å². The number of nitrogens with zero attached hydrogens (tertiary/aromatic N) is 6. The fourth-order valence-electron chi connectivity index (χ4n) is 3.53. The van der Waals surface area contributed by atoms with Gasteiger partial charge in [0.25, 0.3) is 5.88 Å². The Morgan fingerprint density at radius 1 is 1.24 bits per heavy atom. The van der Waals surface area contributed by atoms with E-state index >= 15 is 0 Å². The minimum absolute atomic E-state index is 0.142. The number of hydrogen-bond donors (Lipinski definition) is 0. The Kier molecular flexibility index (Phi) is 7.05. The molecular weight excluding hydrogens is 472 g/mol. The second-order valence-electron chi connectivity index (χ2n) is 7.32. The molecule has 11 nitrogen and oxygen atoms in total. The molecule has 13 heteroatoms. The molecular formula is C20H23ClN6O5S. The Labute approximate surface area is 196 Å². The molecule has 3 aromatic heterocycles. The van der Waals surface area contributed by atoms with Gasteiger partial charge in [0, 0.05) is 32.1 Å². The molecule has 0 aromatic carbocycles. The molecule has 0 fully saturated rings. The Morgan fingerprint density at radius 2 is 2.03 bits per heavy atom. The Bertz CT molecular complexity index is 1220. The molecule has 0 amide bonds. The summed E-state index contributed by atoms with van der Waals surface area (Å²) in [5, 5.41) is 8.90. The van der Waals surface area contributed by atoms with Gasteiger partial charge in [0.15, 0.2) is 21.4 Å². The van der Waals surface area contributed by atoms with E-state index in [0.717, 1.165) is 0 Å². The molecule has 0 aliphatic carbocycles. The van der Waals surface area contributed by atoms with E-state index < -0.39 is 9.84 Å². The van der Waals surface area contributed by atoms with Crippen molar-refractivity contribution in [1.29, 1.82) is 0 Å². The SMILES string of the molecule is CCOc1nccc2c1OC[C@H](COC)n1c(CS(=O)(=O)CCc3ncc(Cl)cn3)nnc1-2. The summed E-state index contributed by atoms with van der Waals surface area (Å²) < 4.78 is 44.5. The maximum absolute atomic E-state index is 12.9. The Hall–Kier alpha value is -2.83. The fraction of sp³-hybridized carbons (Fsp3) is 0.450. The summed E-state index contributed by atoms with van der Waals surface area (Å²) in [5.41, 5.74) is 0.623. The summed E-state index contributed by atoms with van der Waals surface area (Å²) in [4.78, 5) is 12.3. The number of sulfone groups is 1. The van der Waals surface area contributed by atoms with E-state index in [1.807, 2.05) is 6.92 Å². The Morgan fingerprint density at radius 3 is 2.76 bits per heavy atom. The van der Waals surface area contributed by atoms with Gasteiger partial charge in [-0.05, 0) is 13.0 Å². The van der Waals surface area contributed by atoms with E-state index in [2.05, 4.69) is 25.1 Å². The summed E-state index contributed by atoms with van der Waals surface area (Å²) in [6.45, 7) is 2.76. The number of halogens is 1. The lowest BCUT2D eigenvalue weighted by molar-refractivity contribution is 0.122. The van der Waals surface area contributed by atoms with Gasteiger partial charge >= 0.3 is 0 Å². The van der Waals surface area contributed by atoms with Gasteiger partial charge in [0.05, 0.1) is 35.6 Å². The molecule has 4 rings (SSSR count). The molecule has 0 N–H and O–H groups in total. The van der Waals surface area contributed by atoms with Crippen molar-refractivity contribution >= 4 is 21.4 Å². The fourth-order valence-corrected chi connectivity index (χ4v) is 4.85. The predicted octanol–water partition coefficient (Wildman–Crippen LogP) is 1.92. The largest absolute Gasteiger partial charge is 0.485 e. The van der Waals surface area contributed by atoms with Crippen LogP contribution in [-0.2, 0) is 26.7 Å². The molecule has 1 atom stereocenters. The number of rotatable bonds is 9. The lowest BCUT2D eigenvalue weighted by Gasteiger charge is -2.18. The highest BCUT2D eigenvalue weighted by Gasteiger charge is 2.31. The highest BCUT2D eigenvalue weighted by atomic mass is 35.5. The molecule has 0 saturated heterocycles. The van der Waals surface area contributed by atoms with Crippen molar-refractivity contribution in [3.63, 3.8) is 0 Å². The summed E-state index contributed by atoms with van der Waals surface area (Å²) in [5.74, 6) is 1.53. The number of fused-ring (bicyclic) bond motifs is 3. The summed E-state index contributed by atoms with van der Waals surface area (Å²) in [6, 6.07) is 1.40. The number of pyridine rings is 1. The third-order valence-electron chi connectivity index (χ3n) is 4.96. The van der Waals surface area contributed by atoms with Crippen LogP contribution in [0.1, 0.15) is 24.6 Å². The summed E-state index contributed by atoms with van der Waals surface area (Å²) >= 11 is 5.79. The van der Waals surface area contributed by atoms with Crippen LogP contribution in [0.15, 0.2) is 24.7 Å². The van der Waals surface area contributed by atoms with Crippen molar-refractivity contribution in [1.82, 2.24) is 29.7 Å². The third-order valence-corrected chi connectivity index (χ3v) is 6.68. The standard InChI is InChI=1S/C20H23ClN6O5S/c1-3-31-20-18-15(4-6-22-20)19-26-25-17(27(19)14(10-30-2)11-32-18)12-33(28,29)7-5-16-23-8-13(21)9-24-16/h4,6,8-9,14H,3,5,7,10-12H2,1-2H3/t14-/m0/s1. The minimum atomic E-state index is -3.55. The van der Waals surface area contributed by atoms with Gasteiger partial charge < -0.3 is 18.8 Å². The minimum Gasteiger partial charge on any atom is -0.485 e. The average Bonchev–Trinajstić information content (AvgIpc) is 3.11. The average molecular weight is 495 g/mol. The number of aryl methyl sites for hydroxylation is 1. The first-order valence-corrected chi connectivity index (χ1v) is 12.5. The lowest BCUT2D eigenvalue weighted by Crippen LogP contribution is -2.24. The van der Waals surface area contributed by atoms with Crippen molar-refractivity contribution in [2.45, 2.75) is 25.1 Å². The highest BCUT2D eigenvalue weighted by molar-refractivity contribution is 7.90. The zero-order chi connectivity index (χ0) is 23.4. The smallest absolute Gasteiger partial charge is 0.257 e. The first kappa shape index (κ1) is 23.3. The predicted molar refractivity (Wildman–Crippen MR) is 119 cm³/mol. The van der Waals surface area contributed by atoms with Crippen molar-refractivity contribution < 1.29 is 22.6 Å². The van der Waals surface area contributed by atoms with Crippen LogP contribution in [0, 0.1) is 0 Å². The van der Waals surface area contributed by atoms with Crippen molar-refractivity contribution in [2.24, 2.45) is 0 Å². The molecule has 0 radical (unpaired) electrons. The van der Waals surface area contributed by atoms with E-state index in [0.29, 0.717) is 46.3 Å². The molecule has 0 bridgehead atoms. The van der Waals surface area contributed by atoms with Crippen LogP contribution in [0.4, 0.5) is 0 Å². The van der Waals surface area contributed by atoms with E-state index in [-0.39, 0.29) is 37.2 Å². The van der Waals surface area contributed by atoms with Crippen LogP contribution in [0.25, 0.3) is 11.4 Å². The molecule has 33 heavy (non-hydrogen) atoms. The Balaban J connectivity index is 1.64. The van der Waals surface area contributed by atoms with Gasteiger partial charge in [-0.15, -0.1) is 10.2 Å². The zero-order valence-corrected chi connectivity index (χ0v) is 19.7. The van der Waals surface area contributed by atoms with E-state index in [1.165, 1.54) is 12.4 Å². The number of aromatic nitrogens is 6. The first-order chi connectivity index (χ1) is 15.9. The van der Waals surface area contributed by atoms with E-state index in [4.69, 9.17) is 25.8 Å². The summed E-state index contributed by atoms with van der Waals surface area (Å²) in [6.07, 6.45) is 4.63. The van der Waals surface area contributed by atoms with Crippen LogP contribution < -0.4 is 9.47 Å². The van der Waals surface area contributed by atoms with E-state index in [9.17, 15) is 8.42 Å². The van der Waals surface area contributed by atoms with Gasteiger partial charge in [-0.2, -0.15) is 0 Å². The molecule has 4 heterocycles. The van der Waals surface area contributed by atoms with Crippen LogP contribution in [0.3, 0.4) is 0 Å². The third kappa shape index (κ3) is 5.23. The van der Waals surface area contributed by atoms with Crippen molar-refractivity contribution in [2.75, 3.05) is 32.7 Å². The zero-order valence-electron chi connectivity index (χ0n) is 18.1. The van der Waals surface area contributed by atoms with Crippen molar-refractivity contribution in [3.8, 4) is 23.0 Å². The molecule has 176 valence electrons. The number of ether oxygens (including phenoxy) is 3. The first-order valence-electron chi connectivity index (χ1n) is 10.3. The second-order valence-corrected chi connectivity index (χ2v) is 9.94. The molecule has 1 aliphatic rings. The molecule has 0 unspecified atom stereocenters. The highest BCUT2D eigenvalue weighted by Crippen LogP contribution is 2.40. The van der Waals surface area contributed by atoms with E-state index in [1.54, 1.807) is 23.9 Å². The summed E-state index contributed by atoms with van der Waals surface area (Å²) in [7, 11) is -1.98. The van der Waals surface area contributed by atoms with Gasteiger partial charge in [-0.1, -0.05) is 11.6 Å². The maximum atomic E-state index is 12.9. The topological polar surface area (TPSA) is 131 Å². The van der Waals surface area contributed by atoms with Crippen molar-refractivity contribution in [3.05, 3.63) is 41.3 Å². The number of hydrogen-bond acceptors (Lipinski definition) is 10. The lowest BCUT2D eigenvalue weighted by atomic mass is 10.2. The molecule has 0 saturated carbocycles. The van der Waals surface area contributed by atoms with Crippen LogP contribution in [0.5, 0.6) is 11.6 Å². The monoisotopic (exact) mass is 494 g/mol. The molecule has 0 spiro atoms. The van der Waals surface area contributed by atoms with Crippen LogP contribution >= 0.6 is 11.6 Å². The quantitative estimate of drug-likeness (QED) is 0.434. The normalized spacial score (nSPS) is 15.3. The van der Waals surface area contributed by atoms with Gasteiger partial charge in [-0.3, -0.25) is 0 Å². The van der Waals surface area contributed by atoms with Gasteiger partial charge in [-0.25, -0.2) is 23.4 Å². The molecule has 1 aliphatic heterocycles.